The van der Waals surface area contributed by atoms with Crippen molar-refractivity contribution in [3.05, 3.63) is 124 Å². The zero-order chi connectivity index (χ0) is 55.1. The number of hydrogen-bond acceptors (Lipinski definition) is 13. The van der Waals surface area contributed by atoms with Crippen molar-refractivity contribution >= 4 is 63.7 Å². The molecule has 20 heteroatoms. The molecule has 76 heavy (non-hydrogen) atoms. The monoisotopic (exact) mass is 1080 g/mol. The van der Waals surface area contributed by atoms with Crippen LogP contribution in [0, 0.1) is 16.7 Å². The molecular weight excluding hydrogens is 1020 g/mol. The third-order valence-electron chi connectivity index (χ3n) is 13.2. The lowest BCUT2D eigenvalue weighted by atomic mass is 9.85. The van der Waals surface area contributed by atoms with Gasteiger partial charge in [0, 0.05) is 31.8 Å². The number of aliphatic hydroxyl groups excluding tert-OH is 1. The van der Waals surface area contributed by atoms with Crippen LogP contribution in [0.15, 0.2) is 96.5 Å². The number of nitrogens with one attached hydrogen (secondary N) is 2. The molecule has 4 aromatic carbocycles. The van der Waals surface area contributed by atoms with Gasteiger partial charge in [-0.25, -0.2) is 9.78 Å². The molecule has 2 aliphatic rings. The van der Waals surface area contributed by atoms with Crippen molar-refractivity contribution in [1.29, 1.82) is 5.26 Å². The minimum absolute atomic E-state index is 0.0354. The van der Waals surface area contributed by atoms with Gasteiger partial charge in [0.2, 0.25) is 17.7 Å². The fraction of sp³-hybridized carbons (Fsp3) is 0.393. The van der Waals surface area contributed by atoms with Crippen LogP contribution >= 0.6 is 23.6 Å². The number of carbonyl (C=O) groups excluding carboxylic acids is 5. The number of nitriles is 1. The van der Waals surface area contributed by atoms with Crippen LogP contribution in [0.3, 0.4) is 0 Å². The number of carbonyl (C=O) groups is 5. The fourth-order valence-corrected chi connectivity index (χ4v) is 10.6. The number of aliphatic hydroxyl groups is 1. The molecule has 400 valence electrons. The van der Waals surface area contributed by atoms with E-state index >= 15 is 0 Å². The van der Waals surface area contributed by atoms with Crippen molar-refractivity contribution in [2.75, 3.05) is 37.9 Å². The van der Waals surface area contributed by atoms with Crippen molar-refractivity contribution < 1.29 is 56.5 Å². The zero-order valence-electron chi connectivity index (χ0n) is 42.9. The summed E-state index contributed by atoms with van der Waals surface area (Å²) in [5, 5.41) is 25.5. The second-order valence-corrected chi connectivity index (χ2v) is 21.3. The number of thiocarbonyl (C=S) groups is 1. The Morgan fingerprint density at radius 1 is 0.947 bits per heavy atom. The Balaban J connectivity index is 0.840. The van der Waals surface area contributed by atoms with Crippen LogP contribution in [0.1, 0.15) is 99.5 Å². The minimum atomic E-state index is -4.78. The summed E-state index contributed by atoms with van der Waals surface area (Å²) in [6, 6.07) is 24.9. The number of unbranched alkanes of at least 4 members (excludes halogenated alkanes) is 1. The summed E-state index contributed by atoms with van der Waals surface area (Å²) >= 11 is 7.06. The van der Waals surface area contributed by atoms with Crippen molar-refractivity contribution in [2.24, 2.45) is 5.41 Å². The molecule has 7 rings (SSSR count). The number of nitrogens with zero attached hydrogens (tertiary/aromatic N) is 4. The predicted molar refractivity (Wildman–Crippen MR) is 283 cm³/mol. The number of halogens is 3. The molecule has 2 saturated heterocycles. The smallest absolute Gasteiger partial charge is 0.417 e. The number of β-amino-alcohol motifs (C(OH)–C–C–N with tert-alkyl or cyclic N) is 1. The van der Waals surface area contributed by atoms with Gasteiger partial charge in [-0.05, 0) is 103 Å². The Bertz CT molecular complexity index is 2990. The van der Waals surface area contributed by atoms with Crippen molar-refractivity contribution in [3.8, 4) is 33.4 Å². The average molecular weight is 1080 g/mol. The van der Waals surface area contributed by atoms with Crippen LogP contribution < -0.4 is 20.3 Å². The van der Waals surface area contributed by atoms with Crippen LogP contribution in [-0.4, -0.2) is 106 Å². The highest BCUT2D eigenvalue weighted by atomic mass is 32.1. The second-order valence-electron chi connectivity index (χ2n) is 20.1. The maximum absolute atomic E-state index is 14.1. The number of alkyl halides is 3. The van der Waals surface area contributed by atoms with Gasteiger partial charge in [0.1, 0.15) is 24.4 Å². The van der Waals surface area contributed by atoms with E-state index in [-0.39, 0.29) is 61.4 Å². The summed E-state index contributed by atoms with van der Waals surface area (Å²) in [7, 11) is 0. The Kier molecular flexibility index (Phi) is 17.8. The van der Waals surface area contributed by atoms with Crippen LogP contribution in [0.25, 0.3) is 21.6 Å². The lowest BCUT2D eigenvalue weighted by Crippen LogP contribution is -2.58. The molecule has 0 saturated carbocycles. The second kappa shape index (κ2) is 23.9. The average Bonchev–Trinajstić information content (AvgIpc) is 4.08. The molecular formula is C56H59F3N6O9S2. The molecule has 15 nitrogen and oxygen atoms in total. The fourth-order valence-electron chi connectivity index (χ4n) is 9.21. The molecule has 1 aromatic heterocycles. The number of Topliss-reactive ketones (excluding diaryl/α,β-unsaturated/α-hetero) is 1. The van der Waals surface area contributed by atoms with Gasteiger partial charge in [-0.2, -0.15) is 18.4 Å². The molecule has 3 amide bonds. The molecule has 4 atom stereocenters. The first-order chi connectivity index (χ1) is 36.0. The first-order valence-corrected chi connectivity index (χ1v) is 26.0. The van der Waals surface area contributed by atoms with E-state index in [4.69, 9.17) is 26.4 Å². The number of anilines is 1. The molecule has 0 spiro atoms. The summed E-state index contributed by atoms with van der Waals surface area (Å²) < 4.78 is 58.1. The first kappa shape index (κ1) is 56.7. The maximum atomic E-state index is 14.1. The van der Waals surface area contributed by atoms with E-state index in [1.807, 2.05) is 60.7 Å². The number of esters is 1. The van der Waals surface area contributed by atoms with Crippen molar-refractivity contribution in [2.45, 2.75) is 103 Å². The van der Waals surface area contributed by atoms with E-state index in [1.54, 1.807) is 70.2 Å². The summed E-state index contributed by atoms with van der Waals surface area (Å²) in [6.07, 6.45) is -4.48. The highest BCUT2D eigenvalue weighted by Crippen LogP contribution is 2.43. The Morgan fingerprint density at radius 2 is 1.59 bits per heavy atom. The standard InChI is InChI=1S/C56H59F3N6O9S2/c1-7-73-53(71)46-47(76-32-62-46)36-12-10-33(11-13-36)29-61-50(69)43-27-40(66)30-64(43)51(70)48(54(2,3)4)63-44(67)31-72-24-8-9-25-74-41-22-18-35(19-23-41)34-16-20-39(21-17-34)65-52(75)45(49(68)55(65,5)6)37-14-15-38(28-60)42(26-37)56(57,58)59/h10-23,26,32,40,43,45,48,66H,7-9,24-25,27,29-31H2,1-6H3,(H,61,69)(H,63,67)/t40-,43+,45?,48-/m1/s1. The topological polar surface area (TPSA) is 200 Å². The quantitative estimate of drug-likeness (QED) is 0.0403. The molecule has 5 aromatic rings. The number of ketones is 1. The highest BCUT2D eigenvalue weighted by Gasteiger charge is 2.52. The molecule has 0 aliphatic carbocycles. The van der Waals surface area contributed by atoms with Gasteiger partial charge in [0.15, 0.2) is 11.5 Å². The minimum Gasteiger partial charge on any atom is -0.494 e. The molecule has 3 N–H and O–H groups in total. The number of aromatic nitrogens is 1. The van der Waals surface area contributed by atoms with Crippen molar-refractivity contribution in [1.82, 2.24) is 20.5 Å². The van der Waals surface area contributed by atoms with E-state index < -0.39 is 76.1 Å². The molecule has 2 fully saturated rings. The van der Waals surface area contributed by atoms with Gasteiger partial charge in [0.05, 0.1) is 63.3 Å². The van der Waals surface area contributed by atoms with Crippen LogP contribution in [0.4, 0.5) is 18.9 Å². The van der Waals surface area contributed by atoms with E-state index in [0.29, 0.717) is 35.8 Å². The summed E-state index contributed by atoms with van der Waals surface area (Å²) in [5.41, 5.74) is 2.21. The van der Waals surface area contributed by atoms with Crippen LogP contribution in [0.5, 0.6) is 5.75 Å². The molecule has 0 radical (unpaired) electrons. The summed E-state index contributed by atoms with van der Waals surface area (Å²) in [6.45, 7) is 11.1. The normalized spacial score (nSPS) is 17.8. The largest absolute Gasteiger partial charge is 0.494 e. The van der Waals surface area contributed by atoms with Gasteiger partial charge in [-0.15, -0.1) is 11.3 Å². The number of rotatable bonds is 19. The first-order valence-electron chi connectivity index (χ1n) is 24.7. The van der Waals surface area contributed by atoms with Crippen molar-refractivity contribution in [3.63, 3.8) is 0 Å². The van der Waals surface area contributed by atoms with Crippen LogP contribution in [-0.2, 0) is 41.4 Å². The number of hydrogen-bond donors (Lipinski definition) is 3. The maximum Gasteiger partial charge on any atom is 0.417 e. The van der Waals surface area contributed by atoms with Gasteiger partial charge in [-0.1, -0.05) is 87.6 Å². The molecule has 3 heterocycles. The van der Waals surface area contributed by atoms with E-state index in [2.05, 4.69) is 15.6 Å². The number of benzene rings is 4. The Labute approximate surface area is 448 Å². The third-order valence-corrected chi connectivity index (χ3v) is 14.5. The zero-order valence-corrected chi connectivity index (χ0v) is 44.5. The number of amides is 3. The molecule has 1 unspecified atom stereocenters. The number of likely N-dealkylation sites (tertiary alicyclic amines) is 1. The van der Waals surface area contributed by atoms with Gasteiger partial charge >= 0.3 is 12.1 Å². The Morgan fingerprint density at radius 3 is 2.22 bits per heavy atom. The molecule has 2 aliphatic heterocycles. The lowest BCUT2D eigenvalue weighted by molar-refractivity contribution is -0.144. The third kappa shape index (κ3) is 13.0. The van der Waals surface area contributed by atoms with Gasteiger partial charge < -0.3 is 39.8 Å². The van der Waals surface area contributed by atoms with E-state index in [1.165, 1.54) is 22.3 Å². The number of ether oxygens (including phenoxy) is 3. The highest BCUT2D eigenvalue weighted by molar-refractivity contribution is 7.80. The van der Waals surface area contributed by atoms with Gasteiger partial charge in [0.25, 0.3) is 0 Å². The van der Waals surface area contributed by atoms with E-state index in [0.717, 1.165) is 34.4 Å². The summed E-state index contributed by atoms with van der Waals surface area (Å²) in [4.78, 5) is 74.7. The predicted octanol–water partition coefficient (Wildman–Crippen LogP) is 8.81. The molecule has 0 bridgehead atoms. The van der Waals surface area contributed by atoms with Crippen LogP contribution in [0.2, 0.25) is 0 Å². The summed E-state index contributed by atoms with van der Waals surface area (Å²) in [5.74, 6) is -2.77. The SMILES string of the molecule is CCOC(=O)c1ncsc1-c1ccc(CNC(=O)[C@@H]2C[C@@H](O)CN2C(=O)[C@@H](NC(=O)COCCCCOc2ccc(-c3ccc(N4C(=S)C(c5ccc(C#N)c(C(F)(F)F)c5)C(=O)C4(C)C)cc3)cc2)C(C)(C)C)cc1. The lowest BCUT2D eigenvalue weighted by Gasteiger charge is -2.35. The number of thiazole rings is 1. The Hall–Kier alpha value is -7.05. The van der Waals surface area contributed by atoms with Gasteiger partial charge in [-0.3, -0.25) is 19.2 Å². The van der Waals surface area contributed by atoms with E-state index in [9.17, 15) is 47.5 Å².